The van der Waals surface area contributed by atoms with Crippen LogP contribution in [0.25, 0.3) is 5.69 Å². The number of ether oxygens (including phenoxy) is 1. The van der Waals surface area contributed by atoms with Crippen molar-refractivity contribution in [2.24, 2.45) is 0 Å². The normalized spacial score (nSPS) is 10.7. The molecular weight excluding hydrogens is 394 g/mol. The van der Waals surface area contributed by atoms with E-state index in [1.807, 2.05) is 6.92 Å². The highest BCUT2D eigenvalue weighted by Gasteiger charge is 2.20. The number of amides is 1. The lowest BCUT2D eigenvalue weighted by Crippen LogP contribution is -2.15. The fourth-order valence-corrected chi connectivity index (χ4v) is 3.04. The van der Waals surface area contributed by atoms with Gasteiger partial charge in [0.05, 0.1) is 22.8 Å². The Hall–Kier alpha value is -2.64. The first kappa shape index (κ1) is 19.1. The number of nitrogens with one attached hydrogen (secondary N) is 1. The first-order valence-electron chi connectivity index (χ1n) is 7.99. The number of rotatable bonds is 5. The van der Waals surface area contributed by atoms with Crippen LogP contribution >= 0.6 is 23.2 Å². The third kappa shape index (κ3) is 3.89. The van der Waals surface area contributed by atoms with E-state index in [-0.39, 0.29) is 11.6 Å². The molecule has 0 atom stereocenters. The summed E-state index contributed by atoms with van der Waals surface area (Å²) in [6, 6.07) is 8.84. The summed E-state index contributed by atoms with van der Waals surface area (Å²) < 4.78 is 19.8. The average molecular weight is 409 g/mol. The SMILES string of the molecule is CCc1nc(C(=O)Nc2ccc(F)cc2OC)nn1-c1c(Cl)cccc1Cl. The van der Waals surface area contributed by atoms with Crippen LogP contribution in [0.3, 0.4) is 0 Å². The molecule has 1 aromatic heterocycles. The van der Waals surface area contributed by atoms with Crippen LogP contribution in [0.2, 0.25) is 10.0 Å². The first-order chi connectivity index (χ1) is 12.9. The number of carbonyl (C=O) groups is 1. The summed E-state index contributed by atoms with van der Waals surface area (Å²) in [6.07, 6.45) is 0.502. The Labute approximate surface area is 164 Å². The zero-order valence-corrected chi connectivity index (χ0v) is 16.0. The molecule has 0 aliphatic heterocycles. The van der Waals surface area contributed by atoms with E-state index in [1.54, 1.807) is 18.2 Å². The molecule has 0 saturated carbocycles. The third-order valence-electron chi connectivity index (χ3n) is 3.75. The number of para-hydroxylation sites is 1. The molecule has 1 heterocycles. The van der Waals surface area contributed by atoms with Crippen LogP contribution in [0.4, 0.5) is 10.1 Å². The molecule has 0 saturated heterocycles. The second kappa shape index (κ2) is 7.94. The molecule has 0 radical (unpaired) electrons. The van der Waals surface area contributed by atoms with Gasteiger partial charge >= 0.3 is 0 Å². The van der Waals surface area contributed by atoms with E-state index in [1.165, 1.54) is 30.0 Å². The van der Waals surface area contributed by atoms with Crippen molar-refractivity contribution >= 4 is 34.8 Å². The number of benzene rings is 2. The molecular formula is C18H15Cl2FN4O2. The Morgan fingerprint density at radius 2 is 1.96 bits per heavy atom. The lowest BCUT2D eigenvalue weighted by atomic mass is 10.3. The van der Waals surface area contributed by atoms with Crippen LogP contribution in [0, 0.1) is 5.82 Å². The van der Waals surface area contributed by atoms with Gasteiger partial charge in [-0.15, -0.1) is 5.10 Å². The molecule has 0 fully saturated rings. The van der Waals surface area contributed by atoms with Gasteiger partial charge < -0.3 is 10.1 Å². The molecule has 0 bridgehead atoms. The number of carbonyl (C=O) groups excluding carboxylic acids is 1. The van der Waals surface area contributed by atoms with Crippen LogP contribution in [0.15, 0.2) is 36.4 Å². The van der Waals surface area contributed by atoms with Gasteiger partial charge in [0.15, 0.2) is 0 Å². The molecule has 140 valence electrons. The van der Waals surface area contributed by atoms with Gasteiger partial charge in [-0.05, 0) is 24.3 Å². The summed E-state index contributed by atoms with van der Waals surface area (Å²) in [5.74, 6) is -0.423. The zero-order valence-electron chi connectivity index (χ0n) is 14.5. The van der Waals surface area contributed by atoms with Crippen molar-refractivity contribution in [3.05, 3.63) is 63.9 Å². The number of methoxy groups -OCH3 is 1. The molecule has 1 N–H and O–H groups in total. The van der Waals surface area contributed by atoms with Crippen molar-refractivity contribution in [1.82, 2.24) is 14.8 Å². The standard InChI is InChI=1S/C18H15Cl2FN4O2/c1-3-15-23-17(24-25(15)16-11(19)5-4-6-12(16)20)18(26)22-13-8-7-10(21)9-14(13)27-2/h4-9H,3H2,1-2H3,(H,22,26). The highest BCUT2D eigenvalue weighted by atomic mass is 35.5. The van der Waals surface area contributed by atoms with Crippen LogP contribution in [-0.2, 0) is 6.42 Å². The molecule has 27 heavy (non-hydrogen) atoms. The van der Waals surface area contributed by atoms with E-state index < -0.39 is 11.7 Å². The molecule has 6 nitrogen and oxygen atoms in total. The number of aromatic nitrogens is 3. The minimum absolute atomic E-state index is 0.0748. The Balaban J connectivity index is 1.97. The number of hydrogen-bond donors (Lipinski definition) is 1. The van der Waals surface area contributed by atoms with E-state index in [0.717, 1.165) is 0 Å². The van der Waals surface area contributed by atoms with Crippen molar-refractivity contribution in [3.63, 3.8) is 0 Å². The van der Waals surface area contributed by atoms with Gasteiger partial charge in [0, 0.05) is 12.5 Å². The minimum Gasteiger partial charge on any atom is -0.494 e. The Kier molecular flexibility index (Phi) is 5.62. The van der Waals surface area contributed by atoms with Gasteiger partial charge in [0.2, 0.25) is 5.82 Å². The maximum absolute atomic E-state index is 13.3. The van der Waals surface area contributed by atoms with Crippen LogP contribution < -0.4 is 10.1 Å². The molecule has 0 spiro atoms. The lowest BCUT2D eigenvalue weighted by molar-refractivity contribution is 0.101. The molecule has 9 heteroatoms. The van der Waals surface area contributed by atoms with Crippen molar-refractivity contribution < 1.29 is 13.9 Å². The lowest BCUT2D eigenvalue weighted by Gasteiger charge is -2.09. The molecule has 0 aliphatic rings. The molecule has 0 unspecified atom stereocenters. The summed E-state index contributed by atoms with van der Waals surface area (Å²) in [5, 5.41) is 7.63. The highest BCUT2D eigenvalue weighted by Crippen LogP contribution is 2.29. The summed E-state index contributed by atoms with van der Waals surface area (Å²) in [4.78, 5) is 16.8. The maximum atomic E-state index is 13.3. The largest absolute Gasteiger partial charge is 0.494 e. The van der Waals surface area contributed by atoms with Crippen LogP contribution in [-0.4, -0.2) is 27.8 Å². The topological polar surface area (TPSA) is 69.0 Å². The quantitative estimate of drug-likeness (QED) is 0.672. The Morgan fingerprint density at radius 1 is 1.26 bits per heavy atom. The highest BCUT2D eigenvalue weighted by molar-refractivity contribution is 6.37. The van der Waals surface area contributed by atoms with Gasteiger partial charge in [-0.25, -0.2) is 14.1 Å². The van der Waals surface area contributed by atoms with Crippen LogP contribution in [0.5, 0.6) is 5.75 Å². The second-order valence-electron chi connectivity index (χ2n) is 5.49. The molecule has 0 aliphatic carbocycles. The van der Waals surface area contributed by atoms with Gasteiger partial charge in [0.1, 0.15) is 23.1 Å². The third-order valence-corrected chi connectivity index (χ3v) is 4.36. The number of hydrogen-bond acceptors (Lipinski definition) is 4. The zero-order chi connectivity index (χ0) is 19.6. The summed E-state index contributed by atoms with van der Waals surface area (Å²) in [7, 11) is 1.38. The average Bonchev–Trinajstić information content (AvgIpc) is 3.07. The van der Waals surface area contributed by atoms with E-state index in [0.29, 0.717) is 33.7 Å². The smallest absolute Gasteiger partial charge is 0.295 e. The van der Waals surface area contributed by atoms with Gasteiger partial charge in [-0.2, -0.15) is 0 Å². The Morgan fingerprint density at radius 3 is 2.59 bits per heavy atom. The summed E-state index contributed by atoms with van der Waals surface area (Å²) in [5.41, 5.74) is 0.748. The van der Waals surface area contributed by atoms with Gasteiger partial charge in [-0.3, -0.25) is 4.79 Å². The van der Waals surface area contributed by atoms with Crippen molar-refractivity contribution in [1.29, 1.82) is 0 Å². The van der Waals surface area contributed by atoms with Gasteiger partial charge in [0.25, 0.3) is 5.91 Å². The molecule has 1 amide bonds. The summed E-state index contributed by atoms with van der Waals surface area (Å²) in [6.45, 7) is 1.87. The summed E-state index contributed by atoms with van der Waals surface area (Å²) >= 11 is 12.5. The first-order valence-corrected chi connectivity index (χ1v) is 8.75. The van der Waals surface area contributed by atoms with E-state index >= 15 is 0 Å². The predicted molar refractivity (Wildman–Crippen MR) is 102 cm³/mol. The molecule has 3 rings (SSSR count). The number of halogens is 3. The number of aryl methyl sites for hydroxylation is 1. The molecule has 2 aromatic carbocycles. The van der Waals surface area contributed by atoms with Crippen LogP contribution in [0.1, 0.15) is 23.4 Å². The monoisotopic (exact) mass is 408 g/mol. The minimum atomic E-state index is -0.573. The van der Waals surface area contributed by atoms with Crippen molar-refractivity contribution in [2.75, 3.05) is 12.4 Å². The number of anilines is 1. The van der Waals surface area contributed by atoms with E-state index in [9.17, 15) is 9.18 Å². The van der Waals surface area contributed by atoms with E-state index in [4.69, 9.17) is 27.9 Å². The second-order valence-corrected chi connectivity index (χ2v) is 6.30. The van der Waals surface area contributed by atoms with Crippen molar-refractivity contribution in [3.8, 4) is 11.4 Å². The maximum Gasteiger partial charge on any atom is 0.295 e. The van der Waals surface area contributed by atoms with Crippen molar-refractivity contribution in [2.45, 2.75) is 13.3 Å². The number of nitrogens with zero attached hydrogens (tertiary/aromatic N) is 3. The fraction of sp³-hybridized carbons (Fsp3) is 0.167. The fourth-order valence-electron chi connectivity index (χ4n) is 2.49. The molecule has 3 aromatic rings. The van der Waals surface area contributed by atoms with Gasteiger partial charge in [-0.1, -0.05) is 36.2 Å². The van der Waals surface area contributed by atoms with E-state index in [2.05, 4.69) is 15.4 Å². The predicted octanol–water partition coefficient (Wildman–Crippen LogP) is 4.54. The Bertz CT molecular complexity index is 987.